The SMILES string of the molecule is CCC/C=[C]\c1cc(C)ccc1C. The van der Waals surface area contributed by atoms with E-state index < -0.39 is 0 Å². The summed E-state index contributed by atoms with van der Waals surface area (Å²) in [4.78, 5) is 0. The van der Waals surface area contributed by atoms with Gasteiger partial charge in [-0.15, -0.1) is 0 Å². The Morgan fingerprint density at radius 3 is 2.77 bits per heavy atom. The zero-order chi connectivity index (χ0) is 9.68. The van der Waals surface area contributed by atoms with E-state index in [9.17, 15) is 0 Å². The van der Waals surface area contributed by atoms with E-state index in [2.05, 4.69) is 51.1 Å². The Morgan fingerprint density at radius 2 is 2.08 bits per heavy atom. The highest BCUT2D eigenvalue weighted by Gasteiger charge is 1.93. The smallest absolute Gasteiger partial charge is 0.0146 e. The lowest BCUT2D eigenvalue weighted by Gasteiger charge is -2.00. The number of rotatable bonds is 3. The van der Waals surface area contributed by atoms with Crippen molar-refractivity contribution in [3.8, 4) is 0 Å². The zero-order valence-corrected chi connectivity index (χ0v) is 8.72. The molecule has 0 saturated heterocycles. The molecule has 0 aliphatic rings. The van der Waals surface area contributed by atoms with E-state index in [-0.39, 0.29) is 0 Å². The van der Waals surface area contributed by atoms with Crippen LogP contribution in [0.15, 0.2) is 24.3 Å². The van der Waals surface area contributed by atoms with Crippen molar-refractivity contribution >= 4 is 0 Å². The molecule has 69 valence electrons. The first-order valence-electron chi connectivity index (χ1n) is 4.89. The molecule has 0 heteroatoms. The van der Waals surface area contributed by atoms with Crippen LogP contribution in [-0.2, 0) is 0 Å². The summed E-state index contributed by atoms with van der Waals surface area (Å²) in [5, 5.41) is 0. The van der Waals surface area contributed by atoms with Crippen molar-refractivity contribution in [3.63, 3.8) is 0 Å². The van der Waals surface area contributed by atoms with Gasteiger partial charge in [-0.1, -0.05) is 43.2 Å². The Kier molecular flexibility index (Phi) is 3.75. The number of hydrogen-bond acceptors (Lipinski definition) is 0. The quantitative estimate of drug-likeness (QED) is 0.652. The van der Waals surface area contributed by atoms with Gasteiger partial charge in [-0.25, -0.2) is 0 Å². The molecule has 0 heterocycles. The predicted molar refractivity (Wildman–Crippen MR) is 57.7 cm³/mol. The Balaban J connectivity index is 2.81. The second-order valence-corrected chi connectivity index (χ2v) is 3.46. The average molecular weight is 173 g/mol. The van der Waals surface area contributed by atoms with E-state index in [0.717, 1.165) is 6.42 Å². The molecule has 0 spiro atoms. The summed E-state index contributed by atoms with van der Waals surface area (Å²) >= 11 is 0. The van der Waals surface area contributed by atoms with Crippen LogP contribution in [0, 0.1) is 19.9 Å². The van der Waals surface area contributed by atoms with Gasteiger partial charge in [0.25, 0.3) is 0 Å². The molecular weight excluding hydrogens is 156 g/mol. The molecule has 13 heavy (non-hydrogen) atoms. The number of allylic oxidation sites excluding steroid dienone is 1. The summed E-state index contributed by atoms with van der Waals surface area (Å²) in [6.45, 7) is 6.42. The summed E-state index contributed by atoms with van der Waals surface area (Å²) in [6, 6.07) is 6.47. The minimum absolute atomic E-state index is 1.12. The molecule has 0 atom stereocenters. The Labute approximate surface area is 81.3 Å². The van der Waals surface area contributed by atoms with Crippen LogP contribution in [0.5, 0.6) is 0 Å². The average Bonchev–Trinajstić information content (AvgIpc) is 2.11. The maximum Gasteiger partial charge on any atom is -0.0146 e. The lowest BCUT2D eigenvalue weighted by Crippen LogP contribution is -1.83. The molecular formula is C13H17. The van der Waals surface area contributed by atoms with E-state index in [1.165, 1.54) is 23.1 Å². The first kappa shape index (κ1) is 10.0. The third-order valence-electron chi connectivity index (χ3n) is 2.08. The fraction of sp³-hybridized carbons (Fsp3) is 0.385. The number of unbranched alkanes of at least 4 members (excludes halogenated alkanes) is 1. The first-order valence-corrected chi connectivity index (χ1v) is 4.89. The van der Waals surface area contributed by atoms with Crippen molar-refractivity contribution < 1.29 is 0 Å². The highest BCUT2D eigenvalue weighted by atomic mass is 14.0. The number of benzene rings is 1. The Hall–Kier alpha value is -1.04. The highest BCUT2D eigenvalue weighted by molar-refractivity contribution is 5.34. The molecule has 1 aromatic carbocycles. The molecule has 1 aromatic rings. The van der Waals surface area contributed by atoms with Crippen LogP contribution >= 0.6 is 0 Å². The minimum atomic E-state index is 1.12. The molecule has 1 rings (SSSR count). The van der Waals surface area contributed by atoms with Gasteiger partial charge < -0.3 is 0 Å². The van der Waals surface area contributed by atoms with Crippen molar-refractivity contribution in [1.29, 1.82) is 0 Å². The van der Waals surface area contributed by atoms with Crippen molar-refractivity contribution in [2.75, 3.05) is 0 Å². The van der Waals surface area contributed by atoms with Crippen LogP contribution in [0.2, 0.25) is 0 Å². The van der Waals surface area contributed by atoms with Crippen molar-refractivity contribution in [3.05, 3.63) is 47.0 Å². The van der Waals surface area contributed by atoms with Gasteiger partial charge in [-0.2, -0.15) is 0 Å². The van der Waals surface area contributed by atoms with Gasteiger partial charge in [-0.05, 0) is 37.5 Å². The summed E-state index contributed by atoms with van der Waals surface area (Å²) in [7, 11) is 0. The molecule has 0 amide bonds. The van der Waals surface area contributed by atoms with Gasteiger partial charge in [0, 0.05) is 0 Å². The van der Waals surface area contributed by atoms with Crippen molar-refractivity contribution in [2.45, 2.75) is 33.6 Å². The topological polar surface area (TPSA) is 0 Å². The maximum absolute atomic E-state index is 3.33. The molecule has 0 aromatic heterocycles. The molecule has 1 radical (unpaired) electrons. The van der Waals surface area contributed by atoms with Crippen LogP contribution in [0.3, 0.4) is 0 Å². The molecule has 0 nitrogen and oxygen atoms in total. The second-order valence-electron chi connectivity index (χ2n) is 3.46. The van der Waals surface area contributed by atoms with Crippen LogP contribution in [-0.4, -0.2) is 0 Å². The van der Waals surface area contributed by atoms with Crippen molar-refractivity contribution in [2.24, 2.45) is 0 Å². The van der Waals surface area contributed by atoms with E-state index in [0.29, 0.717) is 0 Å². The lowest BCUT2D eigenvalue weighted by atomic mass is 10.0. The van der Waals surface area contributed by atoms with Gasteiger partial charge in [-0.3, -0.25) is 0 Å². The Bertz CT molecular complexity index is 295. The van der Waals surface area contributed by atoms with Crippen molar-refractivity contribution in [1.82, 2.24) is 0 Å². The third-order valence-corrected chi connectivity index (χ3v) is 2.08. The van der Waals surface area contributed by atoms with Gasteiger partial charge in [0.2, 0.25) is 0 Å². The fourth-order valence-corrected chi connectivity index (χ4v) is 1.22. The monoisotopic (exact) mass is 173 g/mol. The standard InChI is InChI=1S/C13H17/c1-4-5-6-7-13-10-11(2)8-9-12(13)3/h6,8-10H,4-5H2,1-3H3. The molecule has 0 bridgehead atoms. The second kappa shape index (κ2) is 4.86. The van der Waals surface area contributed by atoms with Gasteiger partial charge in [0.1, 0.15) is 0 Å². The normalized spacial score (nSPS) is 11.0. The highest BCUT2D eigenvalue weighted by Crippen LogP contribution is 2.10. The summed E-state index contributed by atoms with van der Waals surface area (Å²) in [5.41, 5.74) is 3.84. The number of hydrogen-bond donors (Lipinski definition) is 0. The molecule has 0 fully saturated rings. The molecule has 0 unspecified atom stereocenters. The minimum Gasteiger partial charge on any atom is -0.0760 e. The molecule has 0 aliphatic heterocycles. The van der Waals surface area contributed by atoms with Crippen LogP contribution in [0.4, 0.5) is 0 Å². The first-order chi connectivity index (χ1) is 6.24. The van der Waals surface area contributed by atoms with Crippen LogP contribution < -0.4 is 0 Å². The third kappa shape index (κ3) is 3.06. The van der Waals surface area contributed by atoms with Crippen LogP contribution in [0.25, 0.3) is 0 Å². The van der Waals surface area contributed by atoms with E-state index in [4.69, 9.17) is 0 Å². The summed E-state index contributed by atoms with van der Waals surface area (Å²) in [5.74, 6) is 0. The van der Waals surface area contributed by atoms with E-state index in [1.807, 2.05) is 0 Å². The summed E-state index contributed by atoms with van der Waals surface area (Å²) in [6.07, 6.45) is 7.77. The predicted octanol–water partition coefficient (Wildman–Crippen LogP) is 3.81. The molecule has 0 N–H and O–H groups in total. The molecule has 0 saturated carbocycles. The summed E-state index contributed by atoms with van der Waals surface area (Å²) < 4.78 is 0. The lowest BCUT2D eigenvalue weighted by molar-refractivity contribution is 0.955. The van der Waals surface area contributed by atoms with Gasteiger partial charge >= 0.3 is 0 Å². The largest absolute Gasteiger partial charge is 0.0760 e. The number of aryl methyl sites for hydroxylation is 2. The van der Waals surface area contributed by atoms with Gasteiger partial charge in [0.15, 0.2) is 0 Å². The maximum atomic E-state index is 3.33. The van der Waals surface area contributed by atoms with E-state index in [1.54, 1.807) is 0 Å². The fourth-order valence-electron chi connectivity index (χ4n) is 1.22. The van der Waals surface area contributed by atoms with Gasteiger partial charge in [0.05, 0.1) is 0 Å². The Morgan fingerprint density at radius 1 is 1.31 bits per heavy atom. The zero-order valence-electron chi connectivity index (χ0n) is 8.72. The molecule has 0 aliphatic carbocycles. The van der Waals surface area contributed by atoms with Crippen LogP contribution in [0.1, 0.15) is 36.5 Å². The van der Waals surface area contributed by atoms with E-state index >= 15 is 0 Å².